The summed E-state index contributed by atoms with van der Waals surface area (Å²) in [6.07, 6.45) is 0.885. The van der Waals surface area contributed by atoms with Gasteiger partial charge in [0, 0.05) is 11.4 Å². The molecule has 0 aliphatic heterocycles. The molecule has 0 saturated heterocycles. The number of hydrazone groups is 1. The zero-order chi connectivity index (χ0) is 21.8. The number of benzene rings is 2. The molecule has 2 aromatic carbocycles. The Hall–Kier alpha value is -2.93. The monoisotopic (exact) mass is 424 g/mol. The van der Waals surface area contributed by atoms with Gasteiger partial charge >= 0.3 is 0 Å². The van der Waals surface area contributed by atoms with Crippen LogP contribution in [0.5, 0.6) is 5.75 Å². The van der Waals surface area contributed by atoms with E-state index >= 15 is 0 Å². The molecule has 30 heavy (non-hydrogen) atoms. The van der Waals surface area contributed by atoms with E-state index in [-0.39, 0.29) is 12.5 Å². The summed E-state index contributed by atoms with van der Waals surface area (Å²) in [6.45, 7) is 12.0. The van der Waals surface area contributed by atoms with Crippen molar-refractivity contribution in [3.63, 3.8) is 0 Å². The third-order valence-electron chi connectivity index (χ3n) is 4.80. The highest BCUT2D eigenvalue weighted by Gasteiger charge is 2.15. The minimum Gasteiger partial charge on any atom is -0.484 e. The second-order valence-electron chi connectivity index (χ2n) is 7.53. The lowest BCUT2D eigenvalue weighted by atomic mass is 10.1. The highest BCUT2D eigenvalue weighted by molar-refractivity contribution is 7.22. The number of hydrogen-bond acceptors (Lipinski definition) is 6. The molecular formula is C23H28N4O2S. The van der Waals surface area contributed by atoms with Crippen LogP contribution in [0.3, 0.4) is 0 Å². The summed E-state index contributed by atoms with van der Waals surface area (Å²) >= 11 is 1.53. The molecule has 0 aliphatic rings. The highest BCUT2D eigenvalue weighted by atomic mass is 32.1. The maximum atomic E-state index is 12.5. The second-order valence-corrected chi connectivity index (χ2v) is 8.53. The molecule has 3 rings (SSSR count). The quantitative estimate of drug-likeness (QED) is 0.374. The molecule has 1 amide bonds. The standard InChI is InChI=1S/C23H28N4O2S/c1-7-16(5)26-27-23-24-19-11-15(4)21(17(6)22(19)30-23)25-20(28)12-29-18-9-13(2)8-14(3)10-18/h8-11H,7,12H2,1-6H3,(H,24,27)(H,25,28)/b26-16+. The lowest BCUT2D eigenvalue weighted by Gasteiger charge is -2.13. The SMILES string of the molecule is CC/C(C)=N/Nc1nc2cc(C)c(NC(=O)COc3cc(C)cc(C)c3)c(C)c2s1. The summed E-state index contributed by atoms with van der Waals surface area (Å²) in [6, 6.07) is 7.91. The average molecular weight is 425 g/mol. The molecule has 0 bridgehead atoms. The average Bonchev–Trinajstić information content (AvgIpc) is 3.10. The zero-order valence-electron chi connectivity index (χ0n) is 18.3. The maximum Gasteiger partial charge on any atom is 0.262 e. The molecule has 0 radical (unpaired) electrons. The van der Waals surface area contributed by atoms with Crippen LogP contribution in [0.1, 0.15) is 42.5 Å². The molecule has 0 unspecified atom stereocenters. The third-order valence-corrected chi connectivity index (χ3v) is 5.90. The van der Waals surface area contributed by atoms with E-state index in [4.69, 9.17) is 4.74 Å². The van der Waals surface area contributed by atoms with Crippen LogP contribution >= 0.6 is 11.3 Å². The number of carbonyl (C=O) groups excluding carboxylic acids is 1. The molecule has 7 heteroatoms. The molecule has 1 heterocycles. The van der Waals surface area contributed by atoms with Gasteiger partial charge in [-0.25, -0.2) is 4.98 Å². The molecule has 1 aromatic heterocycles. The fourth-order valence-electron chi connectivity index (χ4n) is 3.19. The predicted molar refractivity (Wildman–Crippen MR) is 126 cm³/mol. The predicted octanol–water partition coefficient (Wildman–Crippen LogP) is 5.75. The van der Waals surface area contributed by atoms with E-state index in [1.165, 1.54) is 11.3 Å². The molecule has 6 nitrogen and oxygen atoms in total. The number of amides is 1. The first-order chi connectivity index (χ1) is 14.3. The van der Waals surface area contributed by atoms with Crippen molar-refractivity contribution in [3.05, 3.63) is 46.5 Å². The Balaban J connectivity index is 1.75. The van der Waals surface area contributed by atoms with Gasteiger partial charge in [-0.15, -0.1) is 0 Å². The summed E-state index contributed by atoms with van der Waals surface area (Å²) in [5.74, 6) is 0.512. The van der Waals surface area contributed by atoms with Crippen molar-refractivity contribution in [2.24, 2.45) is 5.10 Å². The summed E-state index contributed by atoms with van der Waals surface area (Å²) in [5, 5.41) is 8.07. The number of ether oxygens (including phenoxy) is 1. The van der Waals surface area contributed by atoms with Crippen molar-refractivity contribution in [1.29, 1.82) is 0 Å². The number of carbonyl (C=O) groups is 1. The summed E-state index contributed by atoms with van der Waals surface area (Å²) < 4.78 is 6.72. The van der Waals surface area contributed by atoms with Crippen LogP contribution in [-0.2, 0) is 4.79 Å². The number of rotatable bonds is 7. The van der Waals surface area contributed by atoms with Crippen molar-refractivity contribution in [2.75, 3.05) is 17.3 Å². The van der Waals surface area contributed by atoms with Gasteiger partial charge in [-0.3, -0.25) is 10.2 Å². The van der Waals surface area contributed by atoms with Gasteiger partial charge in [0.2, 0.25) is 5.13 Å². The number of nitrogens with zero attached hydrogens (tertiary/aromatic N) is 2. The fourth-order valence-corrected chi connectivity index (χ4v) is 4.08. The van der Waals surface area contributed by atoms with Crippen LogP contribution in [-0.4, -0.2) is 23.2 Å². The van der Waals surface area contributed by atoms with Crippen molar-refractivity contribution in [1.82, 2.24) is 4.98 Å². The number of anilines is 2. The Morgan fingerprint density at radius 3 is 2.50 bits per heavy atom. The molecular weight excluding hydrogens is 396 g/mol. The van der Waals surface area contributed by atoms with E-state index in [2.05, 4.69) is 33.8 Å². The van der Waals surface area contributed by atoms with Gasteiger partial charge in [0.05, 0.1) is 10.2 Å². The van der Waals surface area contributed by atoms with Crippen LogP contribution in [0.2, 0.25) is 0 Å². The highest BCUT2D eigenvalue weighted by Crippen LogP contribution is 2.35. The Morgan fingerprint density at radius 2 is 1.83 bits per heavy atom. The first-order valence-corrected chi connectivity index (χ1v) is 10.8. The molecule has 0 fully saturated rings. The first-order valence-electron chi connectivity index (χ1n) is 9.97. The van der Waals surface area contributed by atoms with Gasteiger partial charge < -0.3 is 10.1 Å². The first kappa shape index (κ1) is 21.8. The molecule has 3 aromatic rings. The Labute approximate surface area is 181 Å². The summed E-state index contributed by atoms with van der Waals surface area (Å²) in [5.41, 5.74) is 9.91. The molecule has 0 aliphatic carbocycles. The van der Waals surface area contributed by atoms with E-state index in [0.717, 1.165) is 55.4 Å². The van der Waals surface area contributed by atoms with E-state index in [1.54, 1.807) is 0 Å². The number of aryl methyl sites for hydroxylation is 4. The van der Waals surface area contributed by atoms with Crippen molar-refractivity contribution in [2.45, 2.75) is 48.0 Å². The zero-order valence-corrected chi connectivity index (χ0v) is 19.2. The largest absolute Gasteiger partial charge is 0.484 e. The van der Waals surface area contributed by atoms with Crippen LogP contribution < -0.4 is 15.5 Å². The van der Waals surface area contributed by atoms with Crippen molar-refractivity contribution >= 4 is 44.0 Å². The topological polar surface area (TPSA) is 75.6 Å². The number of hydrogen-bond donors (Lipinski definition) is 2. The molecule has 0 saturated carbocycles. The Morgan fingerprint density at radius 1 is 1.13 bits per heavy atom. The van der Waals surface area contributed by atoms with Crippen LogP contribution in [0.15, 0.2) is 29.4 Å². The van der Waals surface area contributed by atoms with Crippen molar-refractivity contribution < 1.29 is 9.53 Å². The van der Waals surface area contributed by atoms with Gasteiger partial charge in [0.15, 0.2) is 6.61 Å². The lowest BCUT2D eigenvalue weighted by molar-refractivity contribution is -0.118. The number of aromatic nitrogens is 1. The lowest BCUT2D eigenvalue weighted by Crippen LogP contribution is -2.21. The van der Waals surface area contributed by atoms with Gasteiger partial charge in [-0.1, -0.05) is 24.3 Å². The Kier molecular flexibility index (Phi) is 6.72. The van der Waals surface area contributed by atoms with E-state index in [1.807, 2.05) is 52.8 Å². The van der Waals surface area contributed by atoms with Crippen LogP contribution in [0.4, 0.5) is 10.8 Å². The Bertz CT molecular complexity index is 1100. The minimum absolute atomic E-state index is 0.0414. The van der Waals surface area contributed by atoms with Gasteiger partial charge in [0.1, 0.15) is 5.75 Å². The van der Waals surface area contributed by atoms with E-state index < -0.39 is 0 Å². The number of fused-ring (bicyclic) bond motifs is 1. The maximum absolute atomic E-state index is 12.5. The molecule has 158 valence electrons. The van der Waals surface area contributed by atoms with Crippen LogP contribution in [0.25, 0.3) is 10.2 Å². The fraction of sp³-hybridized carbons (Fsp3) is 0.348. The van der Waals surface area contributed by atoms with Crippen LogP contribution in [0, 0.1) is 27.7 Å². The normalized spacial score (nSPS) is 11.6. The molecule has 0 spiro atoms. The minimum atomic E-state index is -0.189. The third kappa shape index (κ3) is 5.16. The van der Waals surface area contributed by atoms with Gasteiger partial charge in [-0.2, -0.15) is 5.10 Å². The van der Waals surface area contributed by atoms with Gasteiger partial charge in [-0.05, 0) is 81.5 Å². The second kappa shape index (κ2) is 9.26. The van der Waals surface area contributed by atoms with E-state index in [9.17, 15) is 4.79 Å². The smallest absolute Gasteiger partial charge is 0.262 e. The molecule has 0 atom stereocenters. The van der Waals surface area contributed by atoms with E-state index in [0.29, 0.717) is 5.75 Å². The van der Waals surface area contributed by atoms with Crippen molar-refractivity contribution in [3.8, 4) is 5.75 Å². The van der Waals surface area contributed by atoms with Gasteiger partial charge in [0.25, 0.3) is 5.91 Å². The summed E-state index contributed by atoms with van der Waals surface area (Å²) in [4.78, 5) is 17.1. The number of nitrogens with one attached hydrogen (secondary N) is 2. The summed E-state index contributed by atoms with van der Waals surface area (Å²) in [7, 11) is 0. The number of thiazole rings is 1. The molecule has 2 N–H and O–H groups in total.